The van der Waals surface area contributed by atoms with Crippen LogP contribution in [0.1, 0.15) is 20.8 Å². The summed E-state index contributed by atoms with van der Waals surface area (Å²) in [5.41, 5.74) is 1.03. The highest BCUT2D eigenvalue weighted by molar-refractivity contribution is 6.34. The molecule has 1 aromatic heterocycles. The number of carbonyl (C=O) groups excluding carboxylic acids is 2. The Balaban J connectivity index is 1.65. The van der Waals surface area contributed by atoms with Crippen LogP contribution in [0.25, 0.3) is 0 Å². The van der Waals surface area contributed by atoms with E-state index in [9.17, 15) is 9.59 Å². The second-order valence-corrected chi connectivity index (χ2v) is 5.35. The number of rotatable bonds is 4. The van der Waals surface area contributed by atoms with E-state index in [-0.39, 0.29) is 11.6 Å². The molecule has 1 N–H and O–H groups in total. The van der Waals surface area contributed by atoms with Gasteiger partial charge in [-0.2, -0.15) is 0 Å². The number of hydrogen-bond acceptors (Lipinski definition) is 5. The van der Waals surface area contributed by atoms with E-state index in [2.05, 4.69) is 15.3 Å². The lowest BCUT2D eigenvalue weighted by molar-refractivity contribution is 0.0727. The van der Waals surface area contributed by atoms with E-state index in [1.165, 1.54) is 18.6 Å². The van der Waals surface area contributed by atoms with Crippen molar-refractivity contribution in [3.8, 4) is 5.75 Å². The average Bonchev–Trinajstić information content (AvgIpc) is 2.64. The normalized spacial score (nSPS) is 10.1. The van der Waals surface area contributed by atoms with Crippen LogP contribution in [0, 0.1) is 0 Å². The van der Waals surface area contributed by atoms with Gasteiger partial charge in [-0.05, 0) is 36.4 Å². The van der Waals surface area contributed by atoms with Gasteiger partial charge in [0.15, 0.2) is 5.69 Å². The molecule has 0 unspecified atom stereocenters. The first-order valence-corrected chi connectivity index (χ1v) is 7.65. The quantitative estimate of drug-likeness (QED) is 0.572. The Morgan fingerprint density at radius 3 is 2.44 bits per heavy atom. The third-order valence-electron chi connectivity index (χ3n) is 3.21. The number of hydrogen-bond donors (Lipinski definition) is 1. The number of esters is 1. The summed E-state index contributed by atoms with van der Waals surface area (Å²) in [5.74, 6) is -0.609. The molecule has 0 aliphatic rings. The van der Waals surface area contributed by atoms with E-state index in [0.29, 0.717) is 22.0 Å². The van der Waals surface area contributed by atoms with Crippen LogP contribution >= 0.6 is 11.6 Å². The first-order valence-electron chi connectivity index (χ1n) is 7.27. The molecule has 1 amide bonds. The molecule has 3 aromatic rings. The zero-order valence-electron chi connectivity index (χ0n) is 12.8. The highest BCUT2D eigenvalue weighted by Gasteiger charge is 2.12. The van der Waals surface area contributed by atoms with Crippen LogP contribution in [0.4, 0.5) is 5.69 Å². The smallest absolute Gasteiger partial charge is 0.363 e. The molecule has 1 heterocycles. The summed E-state index contributed by atoms with van der Waals surface area (Å²) in [6.45, 7) is 0. The summed E-state index contributed by atoms with van der Waals surface area (Å²) in [6.07, 6.45) is 4.19. The Morgan fingerprint density at radius 2 is 1.76 bits per heavy atom. The van der Waals surface area contributed by atoms with Crippen molar-refractivity contribution in [1.29, 1.82) is 0 Å². The number of halogens is 1. The van der Waals surface area contributed by atoms with Crippen molar-refractivity contribution < 1.29 is 14.3 Å². The number of nitrogens with one attached hydrogen (secondary N) is 1. The van der Waals surface area contributed by atoms with Crippen molar-refractivity contribution in [3.63, 3.8) is 0 Å². The Bertz CT molecular complexity index is 899. The molecule has 0 aliphatic carbocycles. The third kappa shape index (κ3) is 4.19. The van der Waals surface area contributed by atoms with E-state index in [0.717, 1.165) is 0 Å². The molecule has 0 saturated heterocycles. The predicted octanol–water partition coefficient (Wildman–Crippen LogP) is 3.60. The lowest BCUT2D eigenvalue weighted by atomic mass is 10.2. The van der Waals surface area contributed by atoms with Gasteiger partial charge in [-0.1, -0.05) is 23.7 Å². The Morgan fingerprint density at radius 1 is 1.00 bits per heavy atom. The number of carbonyl (C=O) groups is 2. The van der Waals surface area contributed by atoms with Gasteiger partial charge in [0, 0.05) is 18.1 Å². The number of aromatic nitrogens is 2. The van der Waals surface area contributed by atoms with E-state index >= 15 is 0 Å². The largest absolute Gasteiger partial charge is 0.422 e. The zero-order chi connectivity index (χ0) is 17.6. The molecule has 0 fully saturated rings. The highest BCUT2D eigenvalue weighted by Crippen LogP contribution is 2.20. The minimum atomic E-state index is -0.610. The van der Waals surface area contributed by atoms with E-state index in [1.807, 2.05) is 0 Å². The third-order valence-corrected chi connectivity index (χ3v) is 3.54. The average molecular weight is 354 g/mol. The number of anilines is 1. The van der Waals surface area contributed by atoms with Gasteiger partial charge in [0.25, 0.3) is 5.91 Å². The lowest BCUT2D eigenvalue weighted by Gasteiger charge is -2.08. The fourth-order valence-electron chi connectivity index (χ4n) is 2.01. The summed E-state index contributed by atoms with van der Waals surface area (Å²) in [5, 5.41) is 3.09. The Hall–Kier alpha value is -3.25. The maximum absolute atomic E-state index is 12.2. The van der Waals surface area contributed by atoms with Gasteiger partial charge in [0.1, 0.15) is 5.75 Å². The molecule has 7 heteroatoms. The minimum absolute atomic E-state index is 0.110. The molecule has 6 nitrogen and oxygen atoms in total. The molecule has 124 valence electrons. The number of benzene rings is 2. The van der Waals surface area contributed by atoms with Crippen molar-refractivity contribution in [3.05, 3.63) is 83.4 Å². The van der Waals surface area contributed by atoms with Crippen molar-refractivity contribution in [2.24, 2.45) is 0 Å². The molecular formula is C18H12ClN3O3. The molecule has 25 heavy (non-hydrogen) atoms. The molecule has 0 spiro atoms. The number of nitrogens with zero attached hydrogens (tertiary/aromatic N) is 2. The summed E-state index contributed by atoms with van der Waals surface area (Å²) >= 11 is 6.00. The molecular weight excluding hydrogens is 342 g/mol. The fraction of sp³-hybridized carbons (Fsp3) is 0. The molecule has 0 bridgehead atoms. The van der Waals surface area contributed by atoms with Crippen molar-refractivity contribution in [2.45, 2.75) is 0 Å². The fourth-order valence-corrected chi connectivity index (χ4v) is 2.24. The molecule has 0 atom stereocenters. The van der Waals surface area contributed by atoms with Gasteiger partial charge in [-0.25, -0.2) is 9.78 Å². The summed E-state index contributed by atoms with van der Waals surface area (Å²) in [7, 11) is 0. The molecule has 3 rings (SSSR count). The number of ether oxygens (including phenoxy) is 1. The van der Waals surface area contributed by atoms with E-state index in [1.54, 1.807) is 48.5 Å². The number of amides is 1. The summed E-state index contributed by atoms with van der Waals surface area (Å²) in [4.78, 5) is 31.8. The van der Waals surface area contributed by atoms with Crippen LogP contribution in [0.5, 0.6) is 5.75 Å². The minimum Gasteiger partial charge on any atom is -0.422 e. The lowest BCUT2D eigenvalue weighted by Crippen LogP contribution is -2.13. The second kappa shape index (κ2) is 7.55. The van der Waals surface area contributed by atoms with Crippen molar-refractivity contribution in [2.75, 3.05) is 5.32 Å². The van der Waals surface area contributed by atoms with Crippen molar-refractivity contribution in [1.82, 2.24) is 9.97 Å². The highest BCUT2D eigenvalue weighted by atomic mass is 35.5. The van der Waals surface area contributed by atoms with Gasteiger partial charge in [0.05, 0.1) is 16.8 Å². The Kier molecular flexibility index (Phi) is 5.01. The van der Waals surface area contributed by atoms with Gasteiger partial charge in [-0.15, -0.1) is 0 Å². The van der Waals surface area contributed by atoms with Gasteiger partial charge < -0.3 is 10.1 Å². The molecule has 2 aromatic carbocycles. The SMILES string of the molecule is O=C(Oc1ccc(NC(=O)c2ccccc2Cl)cc1)c1cnccn1. The summed E-state index contributed by atoms with van der Waals surface area (Å²) < 4.78 is 5.19. The van der Waals surface area contributed by atoms with Crippen molar-refractivity contribution >= 4 is 29.2 Å². The van der Waals surface area contributed by atoms with Gasteiger partial charge >= 0.3 is 5.97 Å². The van der Waals surface area contributed by atoms with Crippen LogP contribution in [0.15, 0.2) is 67.1 Å². The first-order chi connectivity index (χ1) is 12.1. The standard InChI is InChI=1S/C18H12ClN3O3/c19-15-4-2-1-3-14(15)17(23)22-12-5-7-13(8-6-12)25-18(24)16-11-20-9-10-21-16/h1-11H,(H,22,23). The predicted molar refractivity (Wildman–Crippen MR) is 92.8 cm³/mol. The second-order valence-electron chi connectivity index (χ2n) is 4.94. The molecule has 0 radical (unpaired) electrons. The van der Waals surface area contributed by atoms with Gasteiger partial charge in [-0.3, -0.25) is 9.78 Å². The maximum Gasteiger partial charge on any atom is 0.363 e. The van der Waals surface area contributed by atoms with Crippen LogP contribution in [0.3, 0.4) is 0 Å². The van der Waals surface area contributed by atoms with E-state index in [4.69, 9.17) is 16.3 Å². The van der Waals surface area contributed by atoms with Crippen LogP contribution in [-0.4, -0.2) is 21.8 Å². The van der Waals surface area contributed by atoms with Crippen LogP contribution < -0.4 is 10.1 Å². The molecule has 0 saturated carbocycles. The van der Waals surface area contributed by atoms with Gasteiger partial charge in [0.2, 0.25) is 0 Å². The van der Waals surface area contributed by atoms with E-state index < -0.39 is 5.97 Å². The van der Waals surface area contributed by atoms with Crippen LogP contribution in [0.2, 0.25) is 5.02 Å². The summed E-state index contributed by atoms with van der Waals surface area (Å²) in [6, 6.07) is 13.1. The van der Waals surface area contributed by atoms with Crippen LogP contribution in [-0.2, 0) is 0 Å². The monoisotopic (exact) mass is 353 g/mol. The first kappa shape index (κ1) is 16.6. The topological polar surface area (TPSA) is 81.2 Å². The molecule has 0 aliphatic heterocycles. The zero-order valence-corrected chi connectivity index (χ0v) is 13.6. The Labute approximate surface area is 148 Å². The maximum atomic E-state index is 12.2.